The molecule has 1 aliphatic heterocycles. The molecule has 0 saturated heterocycles. The average Bonchev–Trinajstić information content (AvgIpc) is 2.91. The van der Waals surface area contributed by atoms with E-state index in [-0.39, 0.29) is 18.8 Å². The predicted molar refractivity (Wildman–Crippen MR) is 151 cm³/mol. The van der Waals surface area contributed by atoms with Crippen LogP contribution in [0.3, 0.4) is 0 Å². The number of halogens is 2. The van der Waals surface area contributed by atoms with Crippen LogP contribution in [0.25, 0.3) is 0 Å². The Morgan fingerprint density at radius 3 is 2.58 bits per heavy atom. The number of aliphatic hydroxyl groups excluding tert-OH is 1. The van der Waals surface area contributed by atoms with Gasteiger partial charge in [0.2, 0.25) is 0 Å². The molecule has 0 aromatic heterocycles. The number of benzene rings is 2. The van der Waals surface area contributed by atoms with E-state index in [1.54, 1.807) is 50.3 Å². The van der Waals surface area contributed by atoms with Gasteiger partial charge in [-0.2, -0.15) is 5.10 Å². The standard InChI is InChI=1S/C27H30Cl2N4O7/c1-5-9-39-25-18(28)10-16(11-19(25)29)13-30-33-22(34)14-40-20-8-7-17(12-21(20)38-6-2)24-23(26(35)37-4)15(3)31-27(36)32-24/h5,7-8,10-13,22,24,33-34H,1,6,9,14H2,2-4H3,(H2,31,32,36)/b30-13-/t22-,24+/m1/s1. The van der Waals surface area contributed by atoms with Crippen LogP contribution >= 0.6 is 23.2 Å². The van der Waals surface area contributed by atoms with Gasteiger partial charge in [0, 0.05) is 5.70 Å². The quantitative estimate of drug-likeness (QED) is 0.0896. The molecule has 1 aliphatic rings. The van der Waals surface area contributed by atoms with E-state index in [4.69, 9.17) is 42.1 Å². The van der Waals surface area contributed by atoms with Crippen LogP contribution < -0.4 is 30.3 Å². The number of allylic oxidation sites excluding steroid dienone is 1. The molecule has 4 N–H and O–H groups in total. The molecule has 0 radical (unpaired) electrons. The number of nitrogens with one attached hydrogen (secondary N) is 3. The van der Waals surface area contributed by atoms with E-state index in [1.165, 1.54) is 13.3 Å². The number of carbonyl (C=O) groups is 2. The molecular weight excluding hydrogens is 563 g/mol. The maximum atomic E-state index is 12.4. The molecule has 0 saturated carbocycles. The van der Waals surface area contributed by atoms with Gasteiger partial charge in [-0.3, -0.25) is 5.43 Å². The molecular formula is C27H30Cl2N4O7. The number of ether oxygens (including phenoxy) is 4. The van der Waals surface area contributed by atoms with Crippen LogP contribution in [0.15, 0.2) is 59.4 Å². The molecule has 11 nitrogen and oxygen atoms in total. The van der Waals surface area contributed by atoms with Crippen molar-refractivity contribution in [2.24, 2.45) is 5.10 Å². The third-order valence-corrected chi connectivity index (χ3v) is 6.04. The van der Waals surface area contributed by atoms with Crippen LogP contribution in [0.1, 0.15) is 31.0 Å². The maximum absolute atomic E-state index is 12.4. The fraction of sp³-hybridized carbons (Fsp3) is 0.296. The van der Waals surface area contributed by atoms with Crippen LogP contribution in [-0.2, 0) is 9.53 Å². The van der Waals surface area contributed by atoms with Gasteiger partial charge in [-0.1, -0.05) is 41.9 Å². The molecule has 0 unspecified atom stereocenters. The Morgan fingerprint density at radius 1 is 1.20 bits per heavy atom. The summed E-state index contributed by atoms with van der Waals surface area (Å²) in [4.78, 5) is 24.5. The van der Waals surface area contributed by atoms with Crippen molar-refractivity contribution >= 4 is 41.4 Å². The van der Waals surface area contributed by atoms with Crippen molar-refractivity contribution in [3.05, 3.63) is 75.4 Å². The largest absolute Gasteiger partial charge is 0.490 e. The Balaban J connectivity index is 1.68. The zero-order valence-corrected chi connectivity index (χ0v) is 23.6. The number of aliphatic hydroxyl groups is 1. The summed E-state index contributed by atoms with van der Waals surface area (Å²) in [6.07, 6.45) is 1.83. The summed E-state index contributed by atoms with van der Waals surface area (Å²) in [6.45, 7) is 7.41. The zero-order chi connectivity index (χ0) is 29.2. The van der Waals surface area contributed by atoms with E-state index in [9.17, 15) is 14.7 Å². The molecule has 40 heavy (non-hydrogen) atoms. The van der Waals surface area contributed by atoms with E-state index in [0.29, 0.717) is 50.7 Å². The molecule has 0 aliphatic carbocycles. The molecule has 2 atom stereocenters. The molecule has 2 aromatic carbocycles. The first kappa shape index (κ1) is 30.6. The minimum Gasteiger partial charge on any atom is -0.490 e. The van der Waals surface area contributed by atoms with Gasteiger partial charge in [0.05, 0.1) is 41.6 Å². The highest BCUT2D eigenvalue weighted by Crippen LogP contribution is 2.35. The summed E-state index contributed by atoms with van der Waals surface area (Å²) in [6, 6.07) is 6.96. The zero-order valence-electron chi connectivity index (χ0n) is 22.1. The summed E-state index contributed by atoms with van der Waals surface area (Å²) < 4.78 is 21.8. The highest BCUT2D eigenvalue weighted by atomic mass is 35.5. The fourth-order valence-electron chi connectivity index (χ4n) is 3.75. The first-order valence-electron chi connectivity index (χ1n) is 12.1. The van der Waals surface area contributed by atoms with Crippen LogP contribution in [0, 0.1) is 0 Å². The number of rotatable bonds is 13. The van der Waals surface area contributed by atoms with Crippen LogP contribution in [0.2, 0.25) is 10.0 Å². The summed E-state index contributed by atoms with van der Waals surface area (Å²) in [5.41, 5.74) is 4.36. The number of hydrazone groups is 1. The number of hydrogen-bond acceptors (Lipinski definition) is 9. The second-order valence-electron chi connectivity index (χ2n) is 8.33. The minimum atomic E-state index is -1.17. The molecule has 2 aromatic rings. The third-order valence-electron chi connectivity index (χ3n) is 5.48. The van der Waals surface area contributed by atoms with Gasteiger partial charge in [-0.05, 0) is 49.2 Å². The molecule has 2 amide bonds. The van der Waals surface area contributed by atoms with Gasteiger partial charge in [0.15, 0.2) is 23.5 Å². The smallest absolute Gasteiger partial charge is 0.337 e. The second kappa shape index (κ2) is 14.5. The highest BCUT2D eigenvalue weighted by molar-refractivity contribution is 6.37. The van der Waals surface area contributed by atoms with E-state index >= 15 is 0 Å². The van der Waals surface area contributed by atoms with E-state index in [1.807, 2.05) is 0 Å². The van der Waals surface area contributed by atoms with Gasteiger partial charge >= 0.3 is 12.0 Å². The van der Waals surface area contributed by atoms with Crippen molar-refractivity contribution in [3.8, 4) is 17.2 Å². The van der Waals surface area contributed by atoms with Crippen molar-refractivity contribution in [2.45, 2.75) is 26.1 Å². The number of carbonyl (C=O) groups excluding carboxylic acids is 2. The lowest BCUT2D eigenvalue weighted by atomic mass is 9.95. The number of esters is 1. The normalized spacial score (nSPS) is 15.7. The van der Waals surface area contributed by atoms with E-state index in [0.717, 1.165) is 0 Å². The number of nitrogens with zero attached hydrogens (tertiary/aromatic N) is 1. The van der Waals surface area contributed by atoms with Crippen molar-refractivity contribution < 1.29 is 33.6 Å². The molecule has 0 spiro atoms. The highest BCUT2D eigenvalue weighted by Gasteiger charge is 2.32. The Kier molecular flexibility index (Phi) is 11.1. The first-order valence-corrected chi connectivity index (χ1v) is 12.9. The fourth-order valence-corrected chi connectivity index (χ4v) is 4.37. The predicted octanol–water partition coefficient (Wildman–Crippen LogP) is 4.08. The van der Waals surface area contributed by atoms with Crippen LogP contribution in [-0.4, -0.2) is 56.5 Å². The second-order valence-corrected chi connectivity index (χ2v) is 9.14. The lowest BCUT2D eigenvalue weighted by Crippen LogP contribution is -2.45. The lowest BCUT2D eigenvalue weighted by Gasteiger charge is -2.28. The summed E-state index contributed by atoms with van der Waals surface area (Å²) in [5, 5.41) is 20.2. The maximum Gasteiger partial charge on any atom is 0.337 e. The molecule has 214 valence electrons. The summed E-state index contributed by atoms with van der Waals surface area (Å²) >= 11 is 12.4. The number of amides is 2. The SMILES string of the molecule is C=CCOc1c(Cl)cc(/C=N\N[C@H](O)COc2ccc([C@@H]3NC(=O)NC(C)=C3C(=O)OC)cc2OCC)cc1Cl. The molecule has 1 heterocycles. The van der Waals surface area contributed by atoms with Gasteiger partial charge in [-0.15, -0.1) is 0 Å². The molecule has 0 bridgehead atoms. The number of methoxy groups -OCH3 is 1. The summed E-state index contributed by atoms with van der Waals surface area (Å²) in [5.74, 6) is 0.454. The summed E-state index contributed by atoms with van der Waals surface area (Å²) in [7, 11) is 1.27. The number of urea groups is 1. The van der Waals surface area contributed by atoms with Crippen molar-refractivity contribution in [1.82, 2.24) is 16.1 Å². The topological polar surface area (TPSA) is 140 Å². The lowest BCUT2D eigenvalue weighted by molar-refractivity contribution is -0.136. The Labute approximate surface area is 241 Å². The van der Waals surface area contributed by atoms with Crippen molar-refractivity contribution in [2.75, 3.05) is 26.9 Å². The molecule has 13 heteroatoms. The van der Waals surface area contributed by atoms with E-state index in [2.05, 4.69) is 27.7 Å². The Hall–Kier alpha value is -3.93. The van der Waals surface area contributed by atoms with Gasteiger partial charge in [0.25, 0.3) is 0 Å². The molecule has 3 rings (SSSR count). The van der Waals surface area contributed by atoms with Gasteiger partial charge < -0.3 is 34.7 Å². The molecule has 0 fully saturated rings. The number of hydrogen-bond donors (Lipinski definition) is 4. The average molecular weight is 593 g/mol. The Bertz CT molecular complexity index is 1290. The van der Waals surface area contributed by atoms with Crippen LogP contribution in [0.4, 0.5) is 4.79 Å². The van der Waals surface area contributed by atoms with E-state index < -0.39 is 24.3 Å². The van der Waals surface area contributed by atoms with Gasteiger partial charge in [0.1, 0.15) is 13.2 Å². The van der Waals surface area contributed by atoms with Crippen molar-refractivity contribution in [1.29, 1.82) is 0 Å². The van der Waals surface area contributed by atoms with Gasteiger partial charge in [-0.25, -0.2) is 9.59 Å². The van der Waals surface area contributed by atoms with Crippen molar-refractivity contribution in [3.63, 3.8) is 0 Å². The first-order chi connectivity index (χ1) is 19.2. The Morgan fingerprint density at radius 2 is 1.93 bits per heavy atom. The minimum absolute atomic E-state index is 0.177. The monoisotopic (exact) mass is 592 g/mol. The third kappa shape index (κ3) is 7.81. The van der Waals surface area contributed by atoms with Crippen LogP contribution in [0.5, 0.6) is 17.2 Å².